The summed E-state index contributed by atoms with van der Waals surface area (Å²) in [5.41, 5.74) is 6.19. The normalized spacial score (nSPS) is 23.1. The number of sulfonamides is 1. The van der Waals surface area contributed by atoms with Gasteiger partial charge in [-0.2, -0.15) is 11.8 Å². The Balaban J connectivity index is 2.16. The molecule has 1 aliphatic rings. The van der Waals surface area contributed by atoms with Crippen molar-refractivity contribution in [1.29, 1.82) is 0 Å². The zero-order valence-electron chi connectivity index (χ0n) is 11.3. The summed E-state index contributed by atoms with van der Waals surface area (Å²) in [7, 11) is -3.50. The number of hydrogen-bond acceptors (Lipinski definition) is 4. The van der Waals surface area contributed by atoms with Crippen molar-refractivity contribution in [3.8, 4) is 0 Å². The van der Waals surface area contributed by atoms with Crippen molar-refractivity contribution >= 4 is 43.4 Å². The van der Waals surface area contributed by atoms with Gasteiger partial charge in [-0.25, -0.2) is 13.1 Å². The minimum absolute atomic E-state index is 0.0230. The van der Waals surface area contributed by atoms with Crippen molar-refractivity contribution in [3.63, 3.8) is 0 Å². The second kappa shape index (κ2) is 6.68. The Kier molecular flexibility index (Phi) is 5.39. The van der Waals surface area contributed by atoms with Gasteiger partial charge >= 0.3 is 0 Å². The van der Waals surface area contributed by atoms with Crippen LogP contribution >= 0.6 is 27.7 Å². The van der Waals surface area contributed by atoms with Crippen LogP contribution < -0.4 is 10.5 Å². The lowest BCUT2D eigenvalue weighted by Gasteiger charge is -2.20. The zero-order chi connectivity index (χ0) is 14.8. The number of rotatable bonds is 5. The third-order valence-electron chi connectivity index (χ3n) is 3.42. The average molecular weight is 379 g/mol. The molecule has 1 fully saturated rings. The van der Waals surface area contributed by atoms with Crippen molar-refractivity contribution in [2.24, 2.45) is 0 Å². The highest BCUT2D eigenvalue weighted by Crippen LogP contribution is 2.31. The van der Waals surface area contributed by atoms with Crippen molar-refractivity contribution in [3.05, 3.63) is 22.7 Å². The van der Waals surface area contributed by atoms with Crippen LogP contribution in [0.3, 0.4) is 0 Å². The minimum Gasteiger partial charge on any atom is -0.398 e. The number of nitrogen functional groups attached to an aromatic ring is 1. The molecule has 2 unspecified atom stereocenters. The number of nitrogens with two attached hydrogens (primary N) is 1. The molecule has 2 rings (SSSR count). The Hall–Kier alpha value is -0.240. The van der Waals surface area contributed by atoms with Gasteiger partial charge in [-0.15, -0.1) is 0 Å². The van der Waals surface area contributed by atoms with Crippen LogP contribution in [0.1, 0.15) is 26.2 Å². The third kappa shape index (κ3) is 3.69. The summed E-state index contributed by atoms with van der Waals surface area (Å²) in [5, 5.41) is 0.377. The van der Waals surface area contributed by atoms with Crippen molar-refractivity contribution in [1.82, 2.24) is 4.72 Å². The van der Waals surface area contributed by atoms with Gasteiger partial charge in [0.15, 0.2) is 0 Å². The van der Waals surface area contributed by atoms with E-state index < -0.39 is 10.0 Å². The molecule has 0 radical (unpaired) electrons. The van der Waals surface area contributed by atoms with Crippen LogP contribution in [0.4, 0.5) is 5.69 Å². The smallest absolute Gasteiger partial charge is 0.240 e. The van der Waals surface area contributed by atoms with E-state index in [1.807, 2.05) is 11.8 Å². The fourth-order valence-corrected chi connectivity index (χ4v) is 5.31. The van der Waals surface area contributed by atoms with Gasteiger partial charge in [-0.1, -0.05) is 13.3 Å². The van der Waals surface area contributed by atoms with Crippen LogP contribution in [0.5, 0.6) is 0 Å². The quantitative estimate of drug-likeness (QED) is 0.772. The van der Waals surface area contributed by atoms with Crippen LogP contribution in [0.15, 0.2) is 27.6 Å². The lowest BCUT2D eigenvalue weighted by atomic mass is 10.3. The minimum atomic E-state index is -3.50. The summed E-state index contributed by atoms with van der Waals surface area (Å²) >= 11 is 5.10. The third-order valence-corrected chi connectivity index (χ3v) is 6.95. The van der Waals surface area contributed by atoms with E-state index in [-0.39, 0.29) is 10.9 Å². The molecule has 0 saturated heterocycles. The molecule has 0 aromatic heterocycles. The summed E-state index contributed by atoms with van der Waals surface area (Å²) in [4.78, 5) is 0.227. The van der Waals surface area contributed by atoms with E-state index in [1.165, 1.54) is 6.07 Å². The van der Waals surface area contributed by atoms with Gasteiger partial charge in [-0.3, -0.25) is 0 Å². The van der Waals surface area contributed by atoms with Crippen molar-refractivity contribution in [2.75, 3.05) is 11.5 Å². The summed E-state index contributed by atoms with van der Waals surface area (Å²) in [6.07, 6.45) is 3.06. The van der Waals surface area contributed by atoms with Crippen LogP contribution in [-0.2, 0) is 10.0 Å². The van der Waals surface area contributed by atoms with Crippen LogP contribution in [0.2, 0.25) is 0 Å². The zero-order valence-corrected chi connectivity index (χ0v) is 14.5. The maximum absolute atomic E-state index is 12.4. The maximum Gasteiger partial charge on any atom is 0.240 e. The fraction of sp³-hybridized carbons (Fsp3) is 0.538. The first-order chi connectivity index (χ1) is 9.44. The van der Waals surface area contributed by atoms with Crippen LogP contribution in [-0.4, -0.2) is 25.5 Å². The summed E-state index contributed by atoms with van der Waals surface area (Å²) in [6, 6.07) is 4.75. The highest BCUT2D eigenvalue weighted by Gasteiger charge is 2.31. The molecule has 1 aliphatic carbocycles. The Morgan fingerprint density at radius 2 is 2.20 bits per heavy atom. The van der Waals surface area contributed by atoms with Crippen molar-refractivity contribution < 1.29 is 8.42 Å². The number of hydrogen-bond donors (Lipinski definition) is 2. The lowest BCUT2D eigenvalue weighted by molar-refractivity contribution is 0.555. The van der Waals surface area contributed by atoms with Gasteiger partial charge in [0, 0.05) is 21.5 Å². The molecule has 0 aliphatic heterocycles. The van der Waals surface area contributed by atoms with Gasteiger partial charge in [0.1, 0.15) is 0 Å². The molecular weight excluding hydrogens is 360 g/mol. The molecule has 4 nitrogen and oxygen atoms in total. The Labute approximate surface area is 133 Å². The Morgan fingerprint density at radius 1 is 1.45 bits per heavy atom. The van der Waals surface area contributed by atoms with Crippen LogP contribution in [0, 0.1) is 0 Å². The molecule has 0 bridgehead atoms. The average Bonchev–Trinajstić information content (AvgIpc) is 2.80. The van der Waals surface area contributed by atoms with Gasteiger partial charge in [0.05, 0.1) is 4.90 Å². The second-order valence-electron chi connectivity index (χ2n) is 4.84. The van der Waals surface area contributed by atoms with E-state index in [1.54, 1.807) is 12.1 Å². The Bertz CT molecular complexity index is 578. The van der Waals surface area contributed by atoms with Gasteiger partial charge in [-0.05, 0) is 52.7 Å². The molecule has 112 valence electrons. The number of anilines is 1. The number of halogens is 1. The first-order valence-electron chi connectivity index (χ1n) is 6.63. The molecule has 3 N–H and O–H groups in total. The molecular formula is C13H19BrN2O2S2. The van der Waals surface area contributed by atoms with Crippen molar-refractivity contribution in [2.45, 2.75) is 42.4 Å². The van der Waals surface area contributed by atoms with E-state index in [0.717, 1.165) is 25.0 Å². The summed E-state index contributed by atoms with van der Waals surface area (Å²) in [6.45, 7) is 2.10. The van der Waals surface area contributed by atoms with Gasteiger partial charge in [0.2, 0.25) is 10.0 Å². The van der Waals surface area contributed by atoms with Gasteiger partial charge < -0.3 is 5.73 Å². The molecule has 1 aromatic carbocycles. The first kappa shape index (κ1) is 16.1. The highest BCUT2D eigenvalue weighted by atomic mass is 79.9. The van der Waals surface area contributed by atoms with E-state index in [4.69, 9.17) is 5.73 Å². The fourth-order valence-electron chi connectivity index (χ4n) is 2.43. The molecule has 7 heteroatoms. The summed E-state index contributed by atoms with van der Waals surface area (Å²) < 4.78 is 28.4. The molecule has 0 amide bonds. The lowest BCUT2D eigenvalue weighted by Crippen LogP contribution is -2.38. The SMILES string of the molecule is CCSC1CCCC1NS(=O)(=O)c1ccc(Br)c(N)c1. The molecule has 2 atom stereocenters. The standard InChI is InChI=1S/C13H19BrN2O2S2/c1-2-19-13-5-3-4-12(13)16-20(17,18)9-6-7-10(14)11(15)8-9/h6-8,12-13,16H,2-5,15H2,1H3. The van der Waals surface area contributed by atoms with E-state index in [0.29, 0.717) is 15.4 Å². The summed E-state index contributed by atoms with van der Waals surface area (Å²) in [5.74, 6) is 1.01. The molecule has 1 aromatic rings. The number of nitrogens with one attached hydrogen (secondary N) is 1. The van der Waals surface area contributed by atoms with E-state index in [2.05, 4.69) is 27.6 Å². The molecule has 1 saturated carbocycles. The predicted molar refractivity (Wildman–Crippen MR) is 88.4 cm³/mol. The Morgan fingerprint density at radius 3 is 2.85 bits per heavy atom. The van der Waals surface area contributed by atoms with Crippen LogP contribution in [0.25, 0.3) is 0 Å². The first-order valence-corrected chi connectivity index (χ1v) is 9.95. The maximum atomic E-state index is 12.4. The molecule has 0 heterocycles. The van der Waals surface area contributed by atoms with E-state index >= 15 is 0 Å². The topological polar surface area (TPSA) is 72.2 Å². The highest BCUT2D eigenvalue weighted by molar-refractivity contribution is 9.10. The largest absolute Gasteiger partial charge is 0.398 e. The molecule has 20 heavy (non-hydrogen) atoms. The predicted octanol–water partition coefficient (Wildman–Crippen LogP) is 2.98. The number of benzene rings is 1. The molecule has 0 spiro atoms. The monoisotopic (exact) mass is 378 g/mol. The van der Waals surface area contributed by atoms with E-state index in [9.17, 15) is 8.42 Å². The van der Waals surface area contributed by atoms with Gasteiger partial charge in [0.25, 0.3) is 0 Å². The second-order valence-corrected chi connectivity index (χ2v) is 8.92. The number of thioether (sulfide) groups is 1.